The molecule has 0 amide bonds. The van der Waals surface area contributed by atoms with Gasteiger partial charge in [0.05, 0.1) is 0 Å². The standard InChI is InChI=1S/C14H25NO/c16-15(14-9-5-2-6-10-14)12-11-13-7-3-1-4-8-13/h12-14H,1-11H2/b15-12-. The van der Waals surface area contributed by atoms with Crippen molar-refractivity contribution in [3.8, 4) is 0 Å². The highest BCUT2D eigenvalue weighted by atomic mass is 16.5. The maximum absolute atomic E-state index is 11.9. The molecule has 0 atom stereocenters. The van der Waals surface area contributed by atoms with Crippen LogP contribution in [0.1, 0.15) is 70.6 Å². The fourth-order valence-corrected chi connectivity index (χ4v) is 3.16. The van der Waals surface area contributed by atoms with Crippen molar-refractivity contribution < 1.29 is 4.74 Å². The normalized spacial score (nSPS) is 25.9. The van der Waals surface area contributed by atoms with Gasteiger partial charge in [-0.15, -0.1) is 0 Å². The minimum absolute atomic E-state index is 0.303. The number of hydrogen-bond donors (Lipinski definition) is 0. The Balaban J connectivity index is 1.76. The number of hydrogen-bond acceptors (Lipinski definition) is 1. The molecule has 0 unspecified atom stereocenters. The van der Waals surface area contributed by atoms with Crippen molar-refractivity contribution in [1.82, 2.24) is 0 Å². The number of nitrogens with zero attached hydrogens (tertiary/aromatic N) is 1. The highest BCUT2D eigenvalue weighted by Crippen LogP contribution is 2.26. The van der Waals surface area contributed by atoms with Crippen LogP contribution in [0.5, 0.6) is 0 Å². The highest BCUT2D eigenvalue weighted by Gasteiger charge is 2.20. The highest BCUT2D eigenvalue weighted by molar-refractivity contribution is 5.51. The predicted molar refractivity (Wildman–Crippen MR) is 67.8 cm³/mol. The van der Waals surface area contributed by atoms with Crippen molar-refractivity contribution in [3.05, 3.63) is 5.21 Å². The van der Waals surface area contributed by atoms with E-state index in [4.69, 9.17) is 0 Å². The average Bonchev–Trinajstić information content (AvgIpc) is 2.38. The van der Waals surface area contributed by atoms with E-state index in [1.54, 1.807) is 0 Å². The van der Waals surface area contributed by atoms with Gasteiger partial charge >= 0.3 is 0 Å². The van der Waals surface area contributed by atoms with Crippen LogP contribution in [-0.2, 0) is 0 Å². The first kappa shape index (κ1) is 11.9. The molecule has 0 saturated heterocycles. The van der Waals surface area contributed by atoms with Gasteiger partial charge in [0.1, 0.15) is 0 Å². The fraction of sp³-hybridized carbons (Fsp3) is 0.929. The van der Waals surface area contributed by atoms with Crippen LogP contribution < -0.4 is 0 Å². The lowest BCUT2D eigenvalue weighted by molar-refractivity contribution is -0.502. The Kier molecular flexibility index (Phi) is 4.68. The van der Waals surface area contributed by atoms with Crippen molar-refractivity contribution in [2.45, 2.75) is 76.7 Å². The van der Waals surface area contributed by atoms with E-state index in [1.165, 1.54) is 56.1 Å². The van der Waals surface area contributed by atoms with E-state index < -0.39 is 0 Å². The van der Waals surface area contributed by atoms with Gasteiger partial charge in [-0.05, 0) is 31.6 Å². The summed E-state index contributed by atoms with van der Waals surface area (Å²) in [5.41, 5.74) is 0. The Morgan fingerprint density at radius 2 is 1.44 bits per heavy atom. The first-order valence-electron chi connectivity index (χ1n) is 7.15. The van der Waals surface area contributed by atoms with E-state index in [1.807, 2.05) is 6.21 Å². The van der Waals surface area contributed by atoms with Gasteiger partial charge in [0.25, 0.3) is 0 Å². The summed E-state index contributed by atoms with van der Waals surface area (Å²) in [7, 11) is 0. The predicted octanol–water partition coefficient (Wildman–Crippen LogP) is 3.87. The maximum Gasteiger partial charge on any atom is 0.162 e. The summed E-state index contributed by atoms with van der Waals surface area (Å²) in [5.74, 6) is 0.800. The van der Waals surface area contributed by atoms with E-state index in [9.17, 15) is 5.21 Å². The van der Waals surface area contributed by atoms with E-state index >= 15 is 0 Å². The quantitative estimate of drug-likeness (QED) is 0.309. The zero-order valence-corrected chi connectivity index (χ0v) is 10.4. The third-order valence-electron chi connectivity index (χ3n) is 4.28. The van der Waals surface area contributed by atoms with Crippen molar-refractivity contribution in [2.24, 2.45) is 5.92 Å². The second-order valence-electron chi connectivity index (χ2n) is 5.57. The molecule has 2 fully saturated rings. The van der Waals surface area contributed by atoms with Crippen LogP contribution in [0.4, 0.5) is 0 Å². The molecule has 2 aliphatic carbocycles. The van der Waals surface area contributed by atoms with Crippen LogP contribution in [0.15, 0.2) is 0 Å². The van der Waals surface area contributed by atoms with Crippen molar-refractivity contribution in [2.75, 3.05) is 0 Å². The molecule has 0 heterocycles. The minimum Gasteiger partial charge on any atom is -0.624 e. The van der Waals surface area contributed by atoms with Gasteiger partial charge in [-0.2, -0.15) is 0 Å². The molecule has 0 aromatic heterocycles. The lowest BCUT2D eigenvalue weighted by Crippen LogP contribution is -2.25. The molecule has 0 bridgehead atoms. The SMILES string of the molecule is [O-]/[N+](=C\CC1CCCCC1)C1CCCCC1. The molecule has 2 saturated carbocycles. The Morgan fingerprint density at radius 3 is 2.06 bits per heavy atom. The van der Waals surface area contributed by atoms with Crippen LogP contribution >= 0.6 is 0 Å². The van der Waals surface area contributed by atoms with Gasteiger partial charge in [-0.3, -0.25) is 0 Å². The summed E-state index contributed by atoms with van der Waals surface area (Å²) in [6.45, 7) is 0. The van der Waals surface area contributed by atoms with Crippen LogP contribution in [0, 0.1) is 11.1 Å². The Bertz CT molecular complexity index is 225. The number of rotatable bonds is 3. The largest absolute Gasteiger partial charge is 0.624 e. The summed E-state index contributed by atoms with van der Waals surface area (Å²) in [4.78, 5) is 0. The monoisotopic (exact) mass is 223 g/mol. The van der Waals surface area contributed by atoms with E-state index in [-0.39, 0.29) is 0 Å². The summed E-state index contributed by atoms with van der Waals surface area (Å²) in [6, 6.07) is 0.303. The van der Waals surface area contributed by atoms with Crippen molar-refractivity contribution in [1.29, 1.82) is 0 Å². The molecule has 0 aromatic carbocycles. The molecule has 0 spiro atoms. The van der Waals surface area contributed by atoms with Crippen molar-refractivity contribution in [3.63, 3.8) is 0 Å². The van der Waals surface area contributed by atoms with Gasteiger partial charge in [0.2, 0.25) is 0 Å². The first-order valence-corrected chi connectivity index (χ1v) is 7.15. The average molecular weight is 223 g/mol. The van der Waals surface area contributed by atoms with Crippen molar-refractivity contribution >= 4 is 6.21 Å². The lowest BCUT2D eigenvalue weighted by atomic mass is 9.87. The second-order valence-corrected chi connectivity index (χ2v) is 5.57. The zero-order chi connectivity index (χ0) is 11.2. The molecule has 0 N–H and O–H groups in total. The molecule has 0 aliphatic heterocycles. The smallest absolute Gasteiger partial charge is 0.162 e. The topological polar surface area (TPSA) is 26.1 Å². The third-order valence-corrected chi connectivity index (χ3v) is 4.28. The van der Waals surface area contributed by atoms with Crippen LogP contribution in [-0.4, -0.2) is 17.0 Å². The molecular weight excluding hydrogens is 198 g/mol. The van der Waals surface area contributed by atoms with Crippen LogP contribution in [0.25, 0.3) is 0 Å². The fourth-order valence-electron chi connectivity index (χ4n) is 3.16. The van der Waals surface area contributed by atoms with Crippen LogP contribution in [0.2, 0.25) is 0 Å². The minimum atomic E-state index is 0.303. The molecule has 92 valence electrons. The Morgan fingerprint density at radius 1 is 0.875 bits per heavy atom. The molecule has 2 nitrogen and oxygen atoms in total. The van der Waals surface area contributed by atoms with Gasteiger partial charge < -0.3 is 5.21 Å². The molecule has 16 heavy (non-hydrogen) atoms. The third kappa shape index (κ3) is 3.50. The summed E-state index contributed by atoms with van der Waals surface area (Å²) < 4.78 is 1.29. The van der Waals surface area contributed by atoms with Gasteiger partial charge in [0, 0.05) is 19.3 Å². The Hall–Kier alpha value is -0.530. The maximum atomic E-state index is 11.9. The van der Waals surface area contributed by atoms with E-state index in [2.05, 4.69) is 0 Å². The second kappa shape index (κ2) is 6.27. The first-order chi connectivity index (χ1) is 7.86. The summed E-state index contributed by atoms with van der Waals surface area (Å²) >= 11 is 0. The van der Waals surface area contributed by atoms with Crippen LogP contribution in [0.3, 0.4) is 0 Å². The van der Waals surface area contributed by atoms with E-state index in [0.29, 0.717) is 6.04 Å². The van der Waals surface area contributed by atoms with Gasteiger partial charge in [-0.25, -0.2) is 4.74 Å². The summed E-state index contributed by atoms with van der Waals surface area (Å²) in [5, 5.41) is 11.9. The molecule has 2 rings (SSSR count). The molecule has 2 heteroatoms. The zero-order valence-electron chi connectivity index (χ0n) is 10.4. The lowest BCUT2D eigenvalue weighted by Gasteiger charge is -2.23. The molecule has 2 aliphatic rings. The summed E-state index contributed by atoms with van der Waals surface area (Å²) in [6.07, 6.45) is 15.9. The van der Waals surface area contributed by atoms with E-state index in [0.717, 1.165) is 25.2 Å². The van der Waals surface area contributed by atoms with Gasteiger partial charge in [-0.1, -0.05) is 25.7 Å². The molecule has 0 radical (unpaired) electrons. The molecule has 0 aromatic rings. The molecular formula is C14H25NO. The Labute approximate surface area is 99.3 Å². The number of hydroxylamine groups is 1. The van der Waals surface area contributed by atoms with Gasteiger partial charge in [0.15, 0.2) is 12.3 Å².